The molecule has 0 bridgehead atoms. The topological polar surface area (TPSA) is 0 Å². The summed E-state index contributed by atoms with van der Waals surface area (Å²) in [4.78, 5) is 0. The lowest BCUT2D eigenvalue weighted by Gasteiger charge is -2.10. The highest BCUT2D eigenvalue weighted by Gasteiger charge is 2.33. The van der Waals surface area contributed by atoms with Crippen LogP contribution in [0.25, 0.3) is 22.8 Å². The zero-order valence-electron chi connectivity index (χ0n) is 13.6. The Morgan fingerprint density at radius 3 is 2.04 bits per heavy atom. The van der Waals surface area contributed by atoms with Crippen LogP contribution in [0.4, 0.5) is 13.2 Å². The SMILES string of the molecule is Cc1ccc(/C=C2\c3ccccc3-c3ccc(C(F)(F)F)cc32)cc1. The van der Waals surface area contributed by atoms with E-state index in [1.54, 1.807) is 6.07 Å². The van der Waals surface area contributed by atoms with Gasteiger partial charge < -0.3 is 0 Å². The summed E-state index contributed by atoms with van der Waals surface area (Å²) in [5, 5.41) is 0. The second-order valence-corrected chi connectivity index (χ2v) is 6.27. The average Bonchev–Trinajstić information content (AvgIpc) is 2.90. The molecule has 0 spiro atoms. The molecule has 25 heavy (non-hydrogen) atoms. The Bertz CT molecular complexity index is 977. The molecule has 0 aliphatic heterocycles. The Labute approximate surface area is 144 Å². The summed E-state index contributed by atoms with van der Waals surface area (Å²) in [7, 11) is 0. The van der Waals surface area contributed by atoms with E-state index in [1.165, 1.54) is 6.07 Å². The zero-order valence-corrected chi connectivity index (χ0v) is 13.6. The van der Waals surface area contributed by atoms with Crippen molar-refractivity contribution in [3.63, 3.8) is 0 Å². The van der Waals surface area contributed by atoms with E-state index in [2.05, 4.69) is 0 Å². The molecule has 1 aliphatic carbocycles. The molecule has 3 aromatic rings. The molecule has 0 nitrogen and oxygen atoms in total. The van der Waals surface area contributed by atoms with Crippen molar-refractivity contribution in [2.75, 3.05) is 0 Å². The number of alkyl halides is 3. The van der Waals surface area contributed by atoms with Crippen molar-refractivity contribution in [2.24, 2.45) is 0 Å². The van der Waals surface area contributed by atoms with Crippen LogP contribution in [-0.4, -0.2) is 0 Å². The Morgan fingerprint density at radius 1 is 0.720 bits per heavy atom. The monoisotopic (exact) mass is 336 g/mol. The maximum absolute atomic E-state index is 13.2. The minimum Gasteiger partial charge on any atom is -0.166 e. The highest BCUT2D eigenvalue weighted by molar-refractivity contribution is 6.06. The van der Waals surface area contributed by atoms with E-state index >= 15 is 0 Å². The maximum atomic E-state index is 13.2. The van der Waals surface area contributed by atoms with E-state index in [4.69, 9.17) is 0 Å². The second kappa shape index (κ2) is 5.62. The van der Waals surface area contributed by atoms with Crippen molar-refractivity contribution in [3.05, 3.63) is 94.5 Å². The van der Waals surface area contributed by atoms with Crippen LogP contribution in [0.1, 0.15) is 27.8 Å². The molecule has 0 atom stereocenters. The van der Waals surface area contributed by atoms with Crippen molar-refractivity contribution in [1.29, 1.82) is 0 Å². The Kier molecular flexibility index (Phi) is 3.53. The van der Waals surface area contributed by atoms with Gasteiger partial charge in [-0.1, -0.05) is 60.2 Å². The van der Waals surface area contributed by atoms with Crippen LogP contribution in [0.2, 0.25) is 0 Å². The molecule has 4 rings (SSSR count). The van der Waals surface area contributed by atoms with E-state index in [-0.39, 0.29) is 0 Å². The highest BCUT2D eigenvalue weighted by atomic mass is 19.4. The van der Waals surface area contributed by atoms with Crippen molar-refractivity contribution in [2.45, 2.75) is 13.1 Å². The molecule has 0 amide bonds. The van der Waals surface area contributed by atoms with Crippen LogP contribution in [0.5, 0.6) is 0 Å². The van der Waals surface area contributed by atoms with Crippen LogP contribution in [0, 0.1) is 6.92 Å². The van der Waals surface area contributed by atoms with Crippen LogP contribution in [0.3, 0.4) is 0 Å². The molecule has 124 valence electrons. The van der Waals surface area contributed by atoms with Gasteiger partial charge in [0.05, 0.1) is 5.56 Å². The standard InChI is InChI=1S/C22H15F3/c1-14-6-8-15(9-7-14)12-20-18-5-3-2-4-17(18)19-11-10-16(13-21(19)20)22(23,24)25/h2-13H,1H3/b20-12+. The number of halogens is 3. The normalized spacial score (nSPS) is 14.5. The minimum atomic E-state index is -4.35. The van der Waals surface area contributed by atoms with Crippen molar-refractivity contribution in [3.8, 4) is 11.1 Å². The molecular weight excluding hydrogens is 321 g/mol. The smallest absolute Gasteiger partial charge is 0.166 e. The lowest BCUT2D eigenvalue weighted by atomic mass is 9.99. The molecule has 0 unspecified atom stereocenters. The Morgan fingerprint density at radius 2 is 1.36 bits per heavy atom. The lowest BCUT2D eigenvalue weighted by Crippen LogP contribution is -2.05. The van der Waals surface area contributed by atoms with Gasteiger partial charge in [-0.05, 0) is 58.5 Å². The number of hydrogen-bond donors (Lipinski definition) is 0. The van der Waals surface area contributed by atoms with E-state index in [9.17, 15) is 13.2 Å². The summed E-state index contributed by atoms with van der Waals surface area (Å²) in [5.41, 5.74) is 5.77. The first-order valence-corrected chi connectivity index (χ1v) is 8.03. The van der Waals surface area contributed by atoms with Gasteiger partial charge in [-0.15, -0.1) is 0 Å². The molecule has 0 saturated heterocycles. The molecule has 0 saturated carbocycles. The summed E-state index contributed by atoms with van der Waals surface area (Å²) in [6.07, 6.45) is -2.39. The average molecular weight is 336 g/mol. The van der Waals surface area contributed by atoms with Gasteiger partial charge in [0.15, 0.2) is 0 Å². The van der Waals surface area contributed by atoms with Crippen LogP contribution >= 0.6 is 0 Å². The molecule has 0 N–H and O–H groups in total. The number of hydrogen-bond acceptors (Lipinski definition) is 0. The molecule has 3 heteroatoms. The lowest BCUT2D eigenvalue weighted by molar-refractivity contribution is -0.137. The molecule has 1 aliphatic rings. The summed E-state index contributed by atoms with van der Waals surface area (Å²) >= 11 is 0. The summed E-state index contributed by atoms with van der Waals surface area (Å²) in [6, 6.07) is 19.7. The summed E-state index contributed by atoms with van der Waals surface area (Å²) < 4.78 is 39.5. The fourth-order valence-corrected chi connectivity index (χ4v) is 3.26. The third-order valence-corrected chi connectivity index (χ3v) is 4.53. The number of fused-ring (bicyclic) bond motifs is 3. The zero-order chi connectivity index (χ0) is 17.6. The van der Waals surface area contributed by atoms with Crippen molar-refractivity contribution >= 4 is 11.6 Å². The summed E-state index contributed by atoms with van der Waals surface area (Å²) in [5.74, 6) is 0. The predicted octanol–water partition coefficient (Wildman–Crippen LogP) is 6.58. The molecule has 3 aromatic carbocycles. The summed E-state index contributed by atoms with van der Waals surface area (Å²) in [6.45, 7) is 2.01. The van der Waals surface area contributed by atoms with Gasteiger partial charge in [-0.2, -0.15) is 13.2 Å². The van der Waals surface area contributed by atoms with E-state index in [0.717, 1.165) is 39.5 Å². The van der Waals surface area contributed by atoms with E-state index in [1.807, 2.05) is 61.5 Å². The molecule has 0 aromatic heterocycles. The van der Waals surface area contributed by atoms with Gasteiger partial charge in [0, 0.05) is 0 Å². The predicted molar refractivity (Wildman–Crippen MR) is 95.0 cm³/mol. The molecular formula is C22H15F3. The van der Waals surface area contributed by atoms with Crippen LogP contribution < -0.4 is 0 Å². The molecule has 0 radical (unpaired) electrons. The van der Waals surface area contributed by atoms with Gasteiger partial charge in [0.25, 0.3) is 0 Å². The minimum absolute atomic E-state index is 0.617. The third kappa shape index (κ3) is 2.76. The number of benzene rings is 3. The highest BCUT2D eigenvalue weighted by Crippen LogP contribution is 2.46. The van der Waals surface area contributed by atoms with Crippen LogP contribution in [-0.2, 0) is 6.18 Å². The third-order valence-electron chi connectivity index (χ3n) is 4.53. The first-order valence-electron chi connectivity index (χ1n) is 8.03. The quantitative estimate of drug-likeness (QED) is 0.368. The fourth-order valence-electron chi connectivity index (χ4n) is 3.26. The van der Waals surface area contributed by atoms with Gasteiger partial charge >= 0.3 is 6.18 Å². The van der Waals surface area contributed by atoms with E-state index < -0.39 is 11.7 Å². The van der Waals surface area contributed by atoms with Crippen LogP contribution in [0.15, 0.2) is 66.7 Å². The van der Waals surface area contributed by atoms with Gasteiger partial charge in [-0.25, -0.2) is 0 Å². The first-order chi connectivity index (χ1) is 11.9. The maximum Gasteiger partial charge on any atom is 0.416 e. The van der Waals surface area contributed by atoms with E-state index in [0.29, 0.717) is 5.56 Å². The largest absolute Gasteiger partial charge is 0.416 e. The second-order valence-electron chi connectivity index (χ2n) is 6.27. The fraction of sp³-hybridized carbons (Fsp3) is 0.0909. The van der Waals surface area contributed by atoms with Gasteiger partial charge in [0.1, 0.15) is 0 Å². The van der Waals surface area contributed by atoms with Gasteiger partial charge in [0.2, 0.25) is 0 Å². The van der Waals surface area contributed by atoms with Crippen molar-refractivity contribution < 1.29 is 13.2 Å². The Hall–Kier alpha value is -2.81. The first kappa shape index (κ1) is 15.7. The van der Waals surface area contributed by atoms with Crippen molar-refractivity contribution in [1.82, 2.24) is 0 Å². The molecule has 0 heterocycles. The van der Waals surface area contributed by atoms with Gasteiger partial charge in [-0.3, -0.25) is 0 Å². The number of aryl methyl sites for hydroxylation is 1. The Balaban J connectivity index is 1.94. The number of rotatable bonds is 1. The molecule has 0 fully saturated rings.